The lowest BCUT2D eigenvalue weighted by atomic mass is 10.2. The second-order valence-corrected chi connectivity index (χ2v) is 5.87. The van der Waals surface area contributed by atoms with Gasteiger partial charge in [-0.25, -0.2) is 13.1 Å². The highest BCUT2D eigenvalue weighted by molar-refractivity contribution is 7.90. The van der Waals surface area contributed by atoms with Crippen LogP contribution >= 0.6 is 0 Å². The van der Waals surface area contributed by atoms with Crippen LogP contribution in [0.15, 0.2) is 23.1 Å². The van der Waals surface area contributed by atoms with Crippen LogP contribution in [0.2, 0.25) is 0 Å². The van der Waals surface area contributed by atoms with Crippen LogP contribution < -0.4 is 10.0 Å². The molecule has 18 heavy (non-hydrogen) atoms. The molecule has 0 saturated carbocycles. The molecule has 0 radical (unpaired) electrons. The van der Waals surface area contributed by atoms with E-state index in [1.165, 1.54) is 6.07 Å². The largest absolute Gasteiger partial charge is 0.384 e. The van der Waals surface area contributed by atoms with Gasteiger partial charge in [-0.1, -0.05) is 25.8 Å². The molecule has 5 nitrogen and oxygen atoms in total. The van der Waals surface area contributed by atoms with Crippen molar-refractivity contribution in [1.29, 1.82) is 0 Å². The normalized spacial score (nSPS) is 16.2. The first kappa shape index (κ1) is 12.9. The van der Waals surface area contributed by atoms with Crippen molar-refractivity contribution in [3.05, 3.63) is 23.8 Å². The zero-order chi connectivity index (χ0) is 13.2. The van der Waals surface area contributed by atoms with E-state index in [9.17, 15) is 13.2 Å². The molecule has 1 aromatic rings. The lowest BCUT2D eigenvalue weighted by Crippen LogP contribution is -2.21. The summed E-state index contributed by atoms with van der Waals surface area (Å²) >= 11 is 0. The fourth-order valence-electron chi connectivity index (χ4n) is 1.97. The van der Waals surface area contributed by atoms with Crippen LogP contribution in [-0.4, -0.2) is 20.9 Å². The van der Waals surface area contributed by atoms with Gasteiger partial charge in [0.05, 0.1) is 11.3 Å². The summed E-state index contributed by atoms with van der Waals surface area (Å²) in [5.74, 6) is -0.554. The number of hydrogen-bond donors (Lipinski definition) is 2. The van der Waals surface area contributed by atoms with Gasteiger partial charge in [-0.3, -0.25) is 4.79 Å². The van der Waals surface area contributed by atoms with Gasteiger partial charge in [0.25, 0.3) is 15.9 Å². The predicted octanol–water partition coefficient (Wildman–Crippen LogP) is 1.72. The maximum atomic E-state index is 11.8. The molecule has 1 aromatic carbocycles. The molecule has 0 saturated heterocycles. The van der Waals surface area contributed by atoms with Gasteiger partial charge in [-0.15, -0.1) is 0 Å². The average Bonchev–Trinajstić information content (AvgIpc) is 2.56. The average molecular weight is 268 g/mol. The van der Waals surface area contributed by atoms with Crippen molar-refractivity contribution < 1.29 is 13.2 Å². The summed E-state index contributed by atoms with van der Waals surface area (Å²) in [7, 11) is -3.69. The van der Waals surface area contributed by atoms with Crippen molar-refractivity contribution in [2.75, 3.05) is 11.9 Å². The quantitative estimate of drug-likeness (QED) is 0.797. The number of nitrogens with one attached hydrogen (secondary N) is 2. The molecule has 2 rings (SSSR count). The molecule has 0 aromatic heterocycles. The second-order valence-electron chi connectivity index (χ2n) is 4.25. The lowest BCUT2D eigenvalue weighted by molar-refractivity contribution is 0.0985. The third-order valence-electron chi connectivity index (χ3n) is 2.85. The molecule has 0 atom stereocenters. The number of sulfonamides is 1. The molecule has 1 amide bonds. The summed E-state index contributed by atoms with van der Waals surface area (Å²) in [5, 5.41) is 3.08. The van der Waals surface area contributed by atoms with Crippen LogP contribution in [0.25, 0.3) is 0 Å². The van der Waals surface area contributed by atoms with Crippen LogP contribution in [0.1, 0.15) is 36.5 Å². The molecule has 2 N–H and O–H groups in total. The number of carbonyl (C=O) groups excluding carboxylic acids is 1. The summed E-state index contributed by atoms with van der Waals surface area (Å²) in [6.07, 6.45) is 3.17. The maximum absolute atomic E-state index is 11.8. The van der Waals surface area contributed by atoms with Gasteiger partial charge in [0.1, 0.15) is 4.90 Å². The number of unbranched alkanes of at least 4 members (excludes halogenated alkanes) is 2. The Morgan fingerprint density at radius 2 is 2.06 bits per heavy atom. The molecular formula is C12H16N2O3S. The van der Waals surface area contributed by atoms with Gasteiger partial charge in [0, 0.05) is 6.54 Å². The Kier molecular flexibility index (Phi) is 3.56. The summed E-state index contributed by atoms with van der Waals surface area (Å²) in [6.45, 7) is 2.81. The molecule has 1 aliphatic rings. The first-order valence-corrected chi connectivity index (χ1v) is 7.48. The Morgan fingerprint density at radius 1 is 1.28 bits per heavy atom. The van der Waals surface area contributed by atoms with Gasteiger partial charge < -0.3 is 5.32 Å². The van der Waals surface area contributed by atoms with Crippen molar-refractivity contribution in [3.8, 4) is 0 Å². The molecule has 0 aliphatic carbocycles. The number of hydrogen-bond acceptors (Lipinski definition) is 4. The Labute approximate surface area is 107 Å². The third-order valence-corrected chi connectivity index (χ3v) is 4.28. The number of fused-ring (bicyclic) bond motifs is 1. The van der Waals surface area contributed by atoms with Gasteiger partial charge in [0.2, 0.25) is 0 Å². The van der Waals surface area contributed by atoms with Gasteiger partial charge in [0.15, 0.2) is 0 Å². The summed E-state index contributed by atoms with van der Waals surface area (Å²) < 4.78 is 25.6. The highest BCUT2D eigenvalue weighted by Crippen LogP contribution is 2.29. The van der Waals surface area contributed by atoms with Crippen molar-refractivity contribution in [2.24, 2.45) is 0 Å². The van der Waals surface area contributed by atoms with Crippen LogP contribution in [0.4, 0.5) is 5.69 Å². The minimum Gasteiger partial charge on any atom is -0.384 e. The number of rotatable bonds is 5. The van der Waals surface area contributed by atoms with E-state index in [0.717, 1.165) is 19.3 Å². The lowest BCUT2D eigenvalue weighted by Gasteiger charge is -2.09. The molecule has 0 fully saturated rings. The number of amides is 1. The minimum atomic E-state index is -3.69. The summed E-state index contributed by atoms with van der Waals surface area (Å²) in [6, 6.07) is 4.89. The molecule has 0 bridgehead atoms. The summed E-state index contributed by atoms with van der Waals surface area (Å²) in [5.41, 5.74) is 0.720. The monoisotopic (exact) mass is 268 g/mol. The Morgan fingerprint density at radius 3 is 2.78 bits per heavy atom. The van der Waals surface area contributed by atoms with Crippen LogP contribution in [-0.2, 0) is 10.0 Å². The molecule has 1 aliphatic heterocycles. The topological polar surface area (TPSA) is 75.3 Å². The van der Waals surface area contributed by atoms with Gasteiger partial charge >= 0.3 is 0 Å². The number of carbonyl (C=O) groups is 1. The number of anilines is 1. The van der Waals surface area contributed by atoms with Crippen molar-refractivity contribution in [1.82, 2.24) is 4.72 Å². The Bertz CT molecular complexity index is 567. The van der Waals surface area contributed by atoms with E-state index in [2.05, 4.69) is 12.2 Å². The summed E-state index contributed by atoms with van der Waals surface area (Å²) in [4.78, 5) is 11.6. The van der Waals surface area contributed by atoms with Gasteiger partial charge in [-0.2, -0.15) is 0 Å². The van der Waals surface area contributed by atoms with E-state index < -0.39 is 15.9 Å². The molecule has 1 heterocycles. The first-order valence-electron chi connectivity index (χ1n) is 6.00. The standard InChI is InChI=1S/C12H16N2O3S/c1-2-3-4-8-13-10-7-5-6-9-11(10)18(16,17)14-12(9)15/h5-7,13H,2-4,8H2,1H3,(H,14,15). The Balaban J connectivity index is 2.26. The number of benzene rings is 1. The fraction of sp³-hybridized carbons (Fsp3) is 0.417. The van der Waals surface area contributed by atoms with Crippen LogP contribution in [0.3, 0.4) is 0 Å². The van der Waals surface area contributed by atoms with E-state index >= 15 is 0 Å². The van der Waals surface area contributed by atoms with E-state index in [4.69, 9.17) is 0 Å². The maximum Gasteiger partial charge on any atom is 0.267 e. The molecule has 0 unspecified atom stereocenters. The van der Waals surface area contributed by atoms with E-state index in [1.807, 2.05) is 4.72 Å². The Hall–Kier alpha value is -1.56. The van der Waals surface area contributed by atoms with E-state index in [-0.39, 0.29) is 10.5 Å². The van der Waals surface area contributed by atoms with Crippen molar-refractivity contribution >= 4 is 21.6 Å². The molecular weight excluding hydrogens is 252 g/mol. The second kappa shape index (κ2) is 4.97. The van der Waals surface area contributed by atoms with Crippen molar-refractivity contribution in [2.45, 2.75) is 31.1 Å². The van der Waals surface area contributed by atoms with E-state index in [0.29, 0.717) is 12.2 Å². The zero-order valence-electron chi connectivity index (χ0n) is 10.2. The van der Waals surface area contributed by atoms with Crippen LogP contribution in [0.5, 0.6) is 0 Å². The minimum absolute atomic E-state index is 0.0755. The molecule has 6 heteroatoms. The molecule has 98 valence electrons. The first-order chi connectivity index (χ1) is 8.56. The highest BCUT2D eigenvalue weighted by atomic mass is 32.2. The zero-order valence-corrected chi connectivity index (χ0v) is 11.0. The van der Waals surface area contributed by atoms with Crippen LogP contribution in [0, 0.1) is 0 Å². The smallest absolute Gasteiger partial charge is 0.267 e. The third kappa shape index (κ3) is 2.33. The van der Waals surface area contributed by atoms with Gasteiger partial charge in [-0.05, 0) is 18.6 Å². The van der Waals surface area contributed by atoms with E-state index in [1.54, 1.807) is 12.1 Å². The fourth-order valence-corrected chi connectivity index (χ4v) is 3.31. The highest BCUT2D eigenvalue weighted by Gasteiger charge is 2.34. The SMILES string of the molecule is CCCCCNc1cccc2c1S(=O)(=O)NC2=O. The predicted molar refractivity (Wildman–Crippen MR) is 69.1 cm³/mol. The van der Waals surface area contributed by atoms with Crippen molar-refractivity contribution in [3.63, 3.8) is 0 Å². The molecule has 0 spiro atoms.